The first-order valence-corrected chi connectivity index (χ1v) is 10.7. The van der Waals surface area contributed by atoms with E-state index in [0.717, 1.165) is 23.0 Å². The summed E-state index contributed by atoms with van der Waals surface area (Å²) in [5.74, 6) is -0.856. The number of hydrogen-bond acceptors (Lipinski definition) is 5. The highest BCUT2D eigenvalue weighted by atomic mass is 16.5. The Morgan fingerprint density at radius 2 is 1.87 bits per heavy atom. The number of carbonyl (C=O) groups is 2. The van der Waals surface area contributed by atoms with Crippen molar-refractivity contribution in [3.63, 3.8) is 0 Å². The second-order valence-corrected chi connectivity index (χ2v) is 8.21. The van der Waals surface area contributed by atoms with E-state index in [1.54, 1.807) is 36.1 Å². The maximum atomic E-state index is 13.7. The van der Waals surface area contributed by atoms with Crippen LogP contribution in [0.1, 0.15) is 38.8 Å². The average molecular weight is 421 g/mol. The molecule has 1 amide bonds. The Balaban J connectivity index is 1.95. The molecule has 2 unspecified atom stereocenters. The number of aromatic nitrogens is 2. The van der Waals surface area contributed by atoms with Crippen molar-refractivity contribution in [2.75, 3.05) is 18.1 Å². The van der Waals surface area contributed by atoms with Gasteiger partial charge < -0.3 is 14.4 Å². The van der Waals surface area contributed by atoms with Crippen LogP contribution >= 0.6 is 0 Å². The molecule has 3 aromatic rings. The Hall–Kier alpha value is -3.35. The minimum Gasteiger partial charge on any atom is -0.508 e. The topological polar surface area (TPSA) is 84.7 Å². The van der Waals surface area contributed by atoms with Crippen LogP contribution in [0.2, 0.25) is 0 Å². The van der Waals surface area contributed by atoms with E-state index < -0.39 is 17.9 Å². The van der Waals surface area contributed by atoms with E-state index in [2.05, 4.69) is 13.8 Å². The monoisotopic (exact) mass is 421 g/mol. The molecule has 1 aromatic heterocycles. The van der Waals surface area contributed by atoms with Gasteiger partial charge in [0.25, 0.3) is 0 Å². The number of ether oxygens (including phenoxy) is 1. The summed E-state index contributed by atoms with van der Waals surface area (Å²) in [6.45, 7) is 6.58. The second-order valence-electron chi connectivity index (χ2n) is 8.21. The number of imidazole rings is 1. The molecule has 0 radical (unpaired) electrons. The summed E-state index contributed by atoms with van der Waals surface area (Å²) in [7, 11) is 0. The zero-order valence-electron chi connectivity index (χ0n) is 18.0. The summed E-state index contributed by atoms with van der Waals surface area (Å²) in [5, 5.41) is 9.77. The molecule has 0 fully saturated rings. The van der Waals surface area contributed by atoms with Crippen molar-refractivity contribution in [1.82, 2.24) is 9.55 Å². The summed E-state index contributed by atoms with van der Waals surface area (Å²) >= 11 is 0. The highest BCUT2D eigenvalue weighted by molar-refractivity contribution is 6.08. The molecule has 1 aliphatic rings. The van der Waals surface area contributed by atoms with Gasteiger partial charge in [-0.1, -0.05) is 38.1 Å². The summed E-state index contributed by atoms with van der Waals surface area (Å²) in [4.78, 5) is 33.1. The van der Waals surface area contributed by atoms with Crippen LogP contribution in [0.5, 0.6) is 5.75 Å². The predicted molar refractivity (Wildman–Crippen MR) is 118 cm³/mol. The first-order valence-electron chi connectivity index (χ1n) is 10.7. The molecule has 2 atom stereocenters. The van der Waals surface area contributed by atoms with E-state index in [0.29, 0.717) is 18.4 Å². The highest BCUT2D eigenvalue weighted by Crippen LogP contribution is 2.41. The number of amides is 1. The lowest BCUT2D eigenvalue weighted by atomic mass is 9.89. The van der Waals surface area contributed by atoms with Crippen molar-refractivity contribution < 1.29 is 19.4 Å². The smallest absolute Gasteiger partial charge is 0.321 e. The van der Waals surface area contributed by atoms with E-state index in [-0.39, 0.29) is 18.3 Å². The van der Waals surface area contributed by atoms with E-state index in [1.807, 2.05) is 28.8 Å². The highest BCUT2D eigenvalue weighted by Gasteiger charge is 2.47. The molecule has 1 aliphatic heterocycles. The predicted octanol–water partition coefficient (Wildman–Crippen LogP) is 3.90. The third kappa shape index (κ3) is 3.76. The Labute approximate surface area is 181 Å². The Kier molecular flexibility index (Phi) is 5.67. The number of hydrogen-bond donors (Lipinski definition) is 1. The second kappa shape index (κ2) is 8.41. The summed E-state index contributed by atoms with van der Waals surface area (Å²) in [6, 6.07) is 13.6. The van der Waals surface area contributed by atoms with Gasteiger partial charge in [0.05, 0.1) is 23.7 Å². The first kappa shape index (κ1) is 20.9. The van der Waals surface area contributed by atoms with Crippen molar-refractivity contribution in [3.05, 3.63) is 54.1 Å². The van der Waals surface area contributed by atoms with Crippen LogP contribution in [0, 0.1) is 11.8 Å². The van der Waals surface area contributed by atoms with Gasteiger partial charge in [-0.25, -0.2) is 4.98 Å². The van der Waals surface area contributed by atoms with Crippen molar-refractivity contribution in [2.24, 2.45) is 11.8 Å². The van der Waals surface area contributed by atoms with Crippen LogP contribution in [0.15, 0.2) is 48.5 Å². The third-order valence-corrected chi connectivity index (χ3v) is 5.65. The largest absolute Gasteiger partial charge is 0.508 e. The normalized spacial score (nSPS) is 18.5. The molecular formula is C24H27N3O4. The van der Waals surface area contributed by atoms with Crippen molar-refractivity contribution in [1.29, 1.82) is 0 Å². The molecule has 0 aliphatic carbocycles. The summed E-state index contributed by atoms with van der Waals surface area (Å²) in [6.07, 6.45) is 0.786. The van der Waals surface area contributed by atoms with Gasteiger partial charge in [0.1, 0.15) is 5.75 Å². The van der Waals surface area contributed by atoms with E-state index >= 15 is 0 Å². The fraction of sp³-hybridized carbons (Fsp3) is 0.375. The van der Waals surface area contributed by atoms with E-state index in [4.69, 9.17) is 9.72 Å². The van der Waals surface area contributed by atoms with Crippen LogP contribution in [0.25, 0.3) is 11.0 Å². The number of carbonyl (C=O) groups excluding carboxylic acids is 2. The first-order chi connectivity index (χ1) is 14.9. The quantitative estimate of drug-likeness (QED) is 0.482. The fourth-order valence-corrected chi connectivity index (χ4v) is 4.12. The zero-order valence-corrected chi connectivity index (χ0v) is 18.0. The SMILES string of the molecule is CCOC(=O)C1C(=O)N(CCC(C)C)c2nc3ccccc3n2C1c1ccc(O)cc1. The maximum absolute atomic E-state index is 13.7. The number of fused-ring (bicyclic) bond motifs is 3. The lowest BCUT2D eigenvalue weighted by molar-refractivity contribution is -0.153. The van der Waals surface area contributed by atoms with Gasteiger partial charge in [-0.2, -0.15) is 0 Å². The van der Waals surface area contributed by atoms with Crippen LogP contribution in [0.3, 0.4) is 0 Å². The molecule has 1 N–H and O–H groups in total. The molecule has 0 spiro atoms. The number of phenols is 1. The van der Waals surface area contributed by atoms with Gasteiger partial charge in [0.2, 0.25) is 11.9 Å². The molecule has 4 rings (SSSR count). The zero-order chi connectivity index (χ0) is 22.1. The van der Waals surface area contributed by atoms with Crippen molar-refractivity contribution in [3.8, 4) is 5.75 Å². The maximum Gasteiger partial charge on any atom is 0.321 e. The number of rotatable bonds is 6. The number of esters is 1. The number of anilines is 1. The lowest BCUT2D eigenvalue weighted by Gasteiger charge is -2.38. The van der Waals surface area contributed by atoms with Crippen molar-refractivity contribution >= 4 is 28.9 Å². The van der Waals surface area contributed by atoms with Gasteiger partial charge in [-0.15, -0.1) is 0 Å². The Morgan fingerprint density at radius 1 is 1.16 bits per heavy atom. The lowest BCUT2D eigenvalue weighted by Crippen LogP contribution is -2.50. The van der Waals surface area contributed by atoms with Crippen LogP contribution in [-0.4, -0.2) is 39.7 Å². The summed E-state index contributed by atoms with van der Waals surface area (Å²) < 4.78 is 7.30. The molecule has 31 heavy (non-hydrogen) atoms. The fourth-order valence-electron chi connectivity index (χ4n) is 4.12. The standard InChI is InChI=1S/C24H27N3O4/c1-4-31-23(30)20-21(16-9-11-17(28)12-10-16)27-19-8-6-5-7-18(19)25-24(27)26(22(20)29)14-13-15(2)3/h5-12,15,20-21,28H,4,13-14H2,1-3H3. The van der Waals surface area contributed by atoms with E-state index in [9.17, 15) is 14.7 Å². The number of para-hydroxylation sites is 2. The van der Waals surface area contributed by atoms with Gasteiger partial charge in [-0.05, 0) is 49.1 Å². The minimum atomic E-state index is -1.04. The number of nitrogens with zero attached hydrogens (tertiary/aromatic N) is 3. The Bertz CT molecular complexity index is 1100. The molecule has 0 saturated heterocycles. The van der Waals surface area contributed by atoms with Crippen LogP contribution < -0.4 is 4.90 Å². The molecular weight excluding hydrogens is 394 g/mol. The Morgan fingerprint density at radius 3 is 2.55 bits per heavy atom. The molecule has 2 aromatic carbocycles. The van der Waals surface area contributed by atoms with Crippen molar-refractivity contribution in [2.45, 2.75) is 33.2 Å². The van der Waals surface area contributed by atoms with Crippen LogP contribution in [-0.2, 0) is 14.3 Å². The van der Waals surface area contributed by atoms with E-state index in [1.165, 1.54) is 0 Å². The molecule has 7 nitrogen and oxygen atoms in total. The minimum absolute atomic E-state index is 0.118. The number of phenolic OH excluding ortho intramolecular Hbond substituents is 1. The molecule has 0 bridgehead atoms. The van der Waals surface area contributed by atoms with Gasteiger partial charge in [0, 0.05) is 6.54 Å². The number of benzene rings is 2. The average Bonchev–Trinajstić information content (AvgIpc) is 3.12. The van der Waals surface area contributed by atoms with Gasteiger partial charge >= 0.3 is 5.97 Å². The van der Waals surface area contributed by atoms with Gasteiger partial charge in [-0.3, -0.25) is 14.5 Å². The summed E-state index contributed by atoms with van der Waals surface area (Å²) in [5.41, 5.74) is 2.33. The molecule has 0 saturated carbocycles. The molecule has 7 heteroatoms. The van der Waals surface area contributed by atoms with Crippen LogP contribution in [0.4, 0.5) is 5.95 Å². The third-order valence-electron chi connectivity index (χ3n) is 5.65. The number of aromatic hydroxyl groups is 1. The molecule has 2 heterocycles. The van der Waals surface area contributed by atoms with Gasteiger partial charge in [0.15, 0.2) is 5.92 Å². The molecule has 162 valence electrons.